The first kappa shape index (κ1) is 15.8. The van der Waals surface area contributed by atoms with Crippen LogP contribution in [0.2, 0.25) is 0 Å². The number of ether oxygens (including phenoxy) is 1. The number of hydrogen-bond donors (Lipinski definition) is 2. The molecule has 0 heterocycles. The van der Waals surface area contributed by atoms with Crippen LogP contribution in [0.1, 0.15) is 27.7 Å². The number of amides is 2. The summed E-state index contributed by atoms with van der Waals surface area (Å²) in [6.45, 7) is 6.48. The van der Waals surface area contributed by atoms with Crippen LogP contribution in [-0.4, -0.2) is 34.5 Å². The highest BCUT2D eigenvalue weighted by molar-refractivity contribution is 8.13. The van der Waals surface area contributed by atoms with Crippen molar-refractivity contribution in [1.82, 2.24) is 5.32 Å². The highest BCUT2D eigenvalue weighted by atomic mass is 32.2. The zero-order chi connectivity index (χ0) is 13.6. The van der Waals surface area contributed by atoms with Crippen LogP contribution in [-0.2, 0) is 14.3 Å². The lowest BCUT2D eigenvalue weighted by Crippen LogP contribution is -2.47. The van der Waals surface area contributed by atoms with Crippen molar-refractivity contribution in [2.75, 3.05) is 5.75 Å². The molecule has 0 fully saturated rings. The maximum atomic E-state index is 11.4. The first-order chi connectivity index (χ1) is 7.61. The molecule has 6 nitrogen and oxygen atoms in total. The standard InChI is InChI=1S/C10H18N2O4S/c1-6(13)17-5-7(8(11)14)12-9(15)16-10(2,3)4/h7H,5H2,1-4H3,(H2,11,14)(H,12,15)/t7-/m0/s1. The summed E-state index contributed by atoms with van der Waals surface area (Å²) in [7, 11) is 0. The topological polar surface area (TPSA) is 98.5 Å². The van der Waals surface area contributed by atoms with Gasteiger partial charge in [0.15, 0.2) is 5.12 Å². The second kappa shape index (κ2) is 6.48. The third-order valence-electron chi connectivity index (χ3n) is 1.49. The molecule has 0 spiro atoms. The number of thioether (sulfide) groups is 1. The Labute approximate surface area is 105 Å². The van der Waals surface area contributed by atoms with Crippen LogP contribution >= 0.6 is 11.8 Å². The lowest BCUT2D eigenvalue weighted by Gasteiger charge is -2.22. The molecular weight excluding hydrogens is 244 g/mol. The SMILES string of the molecule is CC(=O)SC[C@H](NC(=O)OC(C)(C)C)C(N)=O. The van der Waals surface area contributed by atoms with Gasteiger partial charge in [0.2, 0.25) is 5.91 Å². The third kappa shape index (κ3) is 8.56. The normalized spacial score (nSPS) is 12.7. The van der Waals surface area contributed by atoms with E-state index in [4.69, 9.17) is 10.5 Å². The molecule has 0 aromatic heterocycles. The van der Waals surface area contributed by atoms with E-state index >= 15 is 0 Å². The van der Waals surface area contributed by atoms with Crippen LogP contribution in [0.4, 0.5) is 4.79 Å². The van der Waals surface area contributed by atoms with Gasteiger partial charge in [-0.25, -0.2) is 4.79 Å². The van der Waals surface area contributed by atoms with E-state index in [1.54, 1.807) is 20.8 Å². The lowest BCUT2D eigenvalue weighted by molar-refractivity contribution is -0.119. The molecule has 0 aliphatic carbocycles. The summed E-state index contributed by atoms with van der Waals surface area (Å²) in [5, 5.41) is 2.17. The van der Waals surface area contributed by atoms with Crippen LogP contribution in [0, 0.1) is 0 Å². The lowest BCUT2D eigenvalue weighted by atomic mass is 10.2. The number of nitrogens with two attached hydrogens (primary N) is 1. The summed E-state index contributed by atoms with van der Waals surface area (Å²) < 4.78 is 4.97. The molecule has 1 atom stereocenters. The summed E-state index contributed by atoms with van der Waals surface area (Å²) >= 11 is 0.918. The van der Waals surface area contributed by atoms with Crippen molar-refractivity contribution in [1.29, 1.82) is 0 Å². The molecule has 17 heavy (non-hydrogen) atoms. The quantitative estimate of drug-likeness (QED) is 0.775. The van der Waals surface area contributed by atoms with Crippen molar-refractivity contribution in [3.63, 3.8) is 0 Å². The van der Waals surface area contributed by atoms with Crippen molar-refractivity contribution in [2.45, 2.75) is 39.3 Å². The van der Waals surface area contributed by atoms with E-state index < -0.39 is 23.6 Å². The molecule has 3 N–H and O–H groups in total. The highest BCUT2D eigenvalue weighted by Gasteiger charge is 2.23. The smallest absolute Gasteiger partial charge is 0.408 e. The zero-order valence-corrected chi connectivity index (χ0v) is 11.2. The number of rotatable bonds is 4. The Kier molecular flexibility index (Phi) is 6.01. The van der Waals surface area contributed by atoms with Crippen molar-refractivity contribution in [3.8, 4) is 0 Å². The fraction of sp³-hybridized carbons (Fsp3) is 0.700. The van der Waals surface area contributed by atoms with Gasteiger partial charge in [0.25, 0.3) is 0 Å². The summed E-state index contributed by atoms with van der Waals surface area (Å²) in [4.78, 5) is 33.2. The fourth-order valence-electron chi connectivity index (χ4n) is 0.845. The van der Waals surface area contributed by atoms with E-state index in [-0.39, 0.29) is 10.9 Å². The summed E-state index contributed by atoms with van der Waals surface area (Å²) in [6, 6.07) is -0.918. The maximum absolute atomic E-state index is 11.4. The maximum Gasteiger partial charge on any atom is 0.408 e. The number of alkyl carbamates (subject to hydrolysis) is 1. The first-order valence-corrected chi connectivity index (χ1v) is 6.02. The fourth-order valence-corrected chi connectivity index (χ4v) is 1.49. The molecule has 0 saturated heterocycles. The van der Waals surface area contributed by atoms with Crippen LogP contribution < -0.4 is 11.1 Å². The van der Waals surface area contributed by atoms with Gasteiger partial charge in [-0.05, 0) is 20.8 Å². The van der Waals surface area contributed by atoms with E-state index in [0.29, 0.717) is 0 Å². The third-order valence-corrected chi connectivity index (χ3v) is 2.39. The van der Waals surface area contributed by atoms with Crippen LogP contribution in [0.3, 0.4) is 0 Å². The monoisotopic (exact) mass is 262 g/mol. The van der Waals surface area contributed by atoms with Gasteiger partial charge in [-0.2, -0.15) is 0 Å². The molecule has 0 rings (SSSR count). The molecule has 0 aliphatic rings. The Hall–Kier alpha value is -1.24. The Morgan fingerprint density at radius 2 is 1.88 bits per heavy atom. The van der Waals surface area contributed by atoms with Gasteiger partial charge in [0.1, 0.15) is 11.6 Å². The van der Waals surface area contributed by atoms with Gasteiger partial charge in [-0.1, -0.05) is 11.8 Å². The van der Waals surface area contributed by atoms with Crippen LogP contribution in [0.25, 0.3) is 0 Å². The molecule has 0 saturated carbocycles. The Morgan fingerprint density at radius 1 is 1.35 bits per heavy atom. The number of carbonyl (C=O) groups excluding carboxylic acids is 3. The largest absolute Gasteiger partial charge is 0.444 e. The minimum atomic E-state index is -0.918. The molecule has 7 heteroatoms. The highest BCUT2D eigenvalue weighted by Crippen LogP contribution is 2.08. The van der Waals surface area contributed by atoms with E-state index in [1.165, 1.54) is 6.92 Å². The second-order valence-corrected chi connectivity index (χ2v) is 5.60. The Morgan fingerprint density at radius 3 is 2.24 bits per heavy atom. The van der Waals surface area contributed by atoms with Crippen molar-refractivity contribution in [3.05, 3.63) is 0 Å². The number of hydrogen-bond acceptors (Lipinski definition) is 5. The van der Waals surface area contributed by atoms with Gasteiger partial charge >= 0.3 is 6.09 Å². The molecule has 0 radical (unpaired) electrons. The van der Waals surface area contributed by atoms with Gasteiger partial charge in [-0.15, -0.1) is 0 Å². The van der Waals surface area contributed by atoms with Gasteiger partial charge in [-0.3, -0.25) is 9.59 Å². The summed E-state index contributed by atoms with van der Waals surface area (Å²) in [6.07, 6.45) is -0.731. The van der Waals surface area contributed by atoms with Crippen LogP contribution in [0.5, 0.6) is 0 Å². The van der Waals surface area contributed by atoms with Crippen molar-refractivity contribution >= 4 is 28.9 Å². The molecule has 0 unspecified atom stereocenters. The van der Waals surface area contributed by atoms with Crippen molar-refractivity contribution in [2.24, 2.45) is 5.73 Å². The molecule has 98 valence electrons. The second-order valence-electron chi connectivity index (χ2n) is 4.40. The number of carbonyl (C=O) groups is 3. The number of nitrogens with one attached hydrogen (secondary N) is 1. The molecular formula is C10H18N2O4S. The summed E-state index contributed by atoms with van der Waals surface area (Å²) in [5.74, 6) is -0.603. The van der Waals surface area contributed by atoms with E-state index in [9.17, 15) is 14.4 Å². The average Bonchev–Trinajstić information content (AvgIpc) is 2.08. The molecule has 0 bridgehead atoms. The van der Waals surface area contributed by atoms with E-state index in [2.05, 4.69) is 5.32 Å². The Balaban J connectivity index is 4.30. The average molecular weight is 262 g/mol. The molecule has 2 amide bonds. The van der Waals surface area contributed by atoms with Crippen LogP contribution in [0.15, 0.2) is 0 Å². The minimum Gasteiger partial charge on any atom is -0.444 e. The Bertz CT molecular complexity index is 312. The molecule has 0 aliphatic heterocycles. The number of primary amides is 1. The predicted molar refractivity (Wildman–Crippen MR) is 65.5 cm³/mol. The zero-order valence-electron chi connectivity index (χ0n) is 10.4. The predicted octanol–water partition coefficient (Wildman–Crippen LogP) is 0.645. The van der Waals surface area contributed by atoms with Crippen molar-refractivity contribution < 1.29 is 19.1 Å². The van der Waals surface area contributed by atoms with Gasteiger partial charge in [0.05, 0.1) is 0 Å². The van der Waals surface area contributed by atoms with E-state index in [0.717, 1.165) is 11.8 Å². The molecule has 0 aromatic carbocycles. The molecule has 0 aromatic rings. The first-order valence-electron chi connectivity index (χ1n) is 5.04. The van der Waals surface area contributed by atoms with Gasteiger partial charge < -0.3 is 15.8 Å². The van der Waals surface area contributed by atoms with Gasteiger partial charge in [0, 0.05) is 12.7 Å². The van der Waals surface area contributed by atoms with E-state index in [1.807, 2.05) is 0 Å². The minimum absolute atomic E-state index is 0.101. The summed E-state index contributed by atoms with van der Waals surface area (Å²) in [5.41, 5.74) is 4.45.